The summed E-state index contributed by atoms with van der Waals surface area (Å²) >= 11 is 6.03. The van der Waals surface area contributed by atoms with Gasteiger partial charge < -0.3 is 10.1 Å². The lowest BCUT2D eigenvalue weighted by Crippen LogP contribution is -2.41. The van der Waals surface area contributed by atoms with E-state index < -0.39 is 0 Å². The molecule has 1 heterocycles. The third kappa shape index (κ3) is 3.91. The van der Waals surface area contributed by atoms with Crippen LogP contribution in [0, 0.1) is 5.82 Å². The minimum absolute atomic E-state index is 0.210. The van der Waals surface area contributed by atoms with Gasteiger partial charge in [-0.3, -0.25) is 0 Å². The highest BCUT2D eigenvalue weighted by atomic mass is 35.5. The third-order valence-corrected chi connectivity index (χ3v) is 3.96. The van der Waals surface area contributed by atoms with E-state index in [4.69, 9.17) is 16.3 Å². The summed E-state index contributed by atoms with van der Waals surface area (Å²) in [4.78, 5) is 0. The average Bonchev–Trinajstić information content (AvgIpc) is 2.93. The normalized spacial score (nSPS) is 20.7. The van der Waals surface area contributed by atoms with Crippen molar-refractivity contribution in [2.75, 3.05) is 13.2 Å². The largest absolute Gasteiger partial charge is 0.377 e. The maximum Gasteiger partial charge on any atom is 0.142 e. The number of hydrogen-bond acceptors (Lipinski definition) is 2. The molecular weight excluding hydrogens is 265 g/mol. The van der Waals surface area contributed by atoms with Crippen LogP contribution in [0.25, 0.3) is 0 Å². The van der Waals surface area contributed by atoms with E-state index in [1.165, 1.54) is 6.07 Å². The summed E-state index contributed by atoms with van der Waals surface area (Å²) in [6, 6.07) is 5.21. The molecule has 2 nitrogen and oxygen atoms in total. The molecule has 0 spiro atoms. The minimum atomic E-state index is -0.347. The van der Waals surface area contributed by atoms with Gasteiger partial charge in [-0.25, -0.2) is 4.39 Å². The second kappa shape index (κ2) is 7.22. The van der Waals surface area contributed by atoms with E-state index in [0.29, 0.717) is 6.42 Å². The number of benzene rings is 1. The Morgan fingerprint density at radius 3 is 3.05 bits per heavy atom. The van der Waals surface area contributed by atoms with Gasteiger partial charge in [0, 0.05) is 12.6 Å². The quantitative estimate of drug-likeness (QED) is 0.863. The van der Waals surface area contributed by atoms with Crippen LogP contribution in [0.3, 0.4) is 0 Å². The van der Waals surface area contributed by atoms with Crippen molar-refractivity contribution in [3.63, 3.8) is 0 Å². The molecule has 0 aliphatic carbocycles. The van der Waals surface area contributed by atoms with Crippen molar-refractivity contribution in [3.05, 3.63) is 34.6 Å². The van der Waals surface area contributed by atoms with Crippen LogP contribution in [0.15, 0.2) is 18.2 Å². The Hall–Kier alpha value is -0.640. The van der Waals surface area contributed by atoms with Crippen LogP contribution < -0.4 is 5.32 Å². The summed E-state index contributed by atoms with van der Waals surface area (Å²) in [5.74, 6) is -0.347. The molecule has 106 valence electrons. The van der Waals surface area contributed by atoms with Crippen molar-refractivity contribution in [2.24, 2.45) is 0 Å². The van der Waals surface area contributed by atoms with E-state index in [9.17, 15) is 4.39 Å². The number of nitrogens with one attached hydrogen (secondary N) is 1. The summed E-state index contributed by atoms with van der Waals surface area (Å²) in [5, 5.41) is 3.74. The van der Waals surface area contributed by atoms with Crippen molar-refractivity contribution in [1.29, 1.82) is 0 Å². The van der Waals surface area contributed by atoms with Gasteiger partial charge in [0.05, 0.1) is 11.1 Å². The molecule has 1 aromatic rings. The predicted octanol–water partition coefficient (Wildman–Crippen LogP) is 3.57. The fraction of sp³-hybridized carbons (Fsp3) is 0.600. The molecule has 0 bridgehead atoms. The van der Waals surface area contributed by atoms with Gasteiger partial charge in [-0.05, 0) is 43.9 Å². The fourth-order valence-corrected chi connectivity index (χ4v) is 2.73. The molecule has 1 N–H and O–H groups in total. The average molecular weight is 286 g/mol. The van der Waals surface area contributed by atoms with E-state index in [1.54, 1.807) is 6.07 Å². The highest BCUT2D eigenvalue weighted by Crippen LogP contribution is 2.24. The van der Waals surface area contributed by atoms with Gasteiger partial charge in [0.25, 0.3) is 0 Å². The molecule has 0 saturated carbocycles. The maximum absolute atomic E-state index is 13.5. The van der Waals surface area contributed by atoms with E-state index in [2.05, 4.69) is 12.2 Å². The minimum Gasteiger partial charge on any atom is -0.377 e. The molecule has 1 aliphatic heterocycles. The summed E-state index contributed by atoms with van der Waals surface area (Å²) in [6.45, 7) is 3.90. The van der Waals surface area contributed by atoms with Crippen LogP contribution in [0.4, 0.5) is 4.39 Å². The molecule has 0 radical (unpaired) electrons. The van der Waals surface area contributed by atoms with Gasteiger partial charge in [0.15, 0.2) is 0 Å². The van der Waals surface area contributed by atoms with Crippen molar-refractivity contribution >= 4 is 11.6 Å². The lowest BCUT2D eigenvalue weighted by atomic mass is 9.99. The summed E-state index contributed by atoms with van der Waals surface area (Å²) in [7, 11) is 0. The van der Waals surface area contributed by atoms with Gasteiger partial charge in [-0.2, -0.15) is 0 Å². The third-order valence-electron chi connectivity index (χ3n) is 3.54. The Morgan fingerprint density at radius 1 is 1.53 bits per heavy atom. The van der Waals surface area contributed by atoms with Crippen molar-refractivity contribution in [1.82, 2.24) is 5.32 Å². The first-order valence-electron chi connectivity index (χ1n) is 7.00. The maximum atomic E-state index is 13.5. The molecule has 4 heteroatoms. The molecule has 0 amide bonds. The Labute approximate surface area is 119 Å². The van der Waals surface area contributed by atoms with Crippen LogP contribution in [-0.2, 0) is 11.2 Å². The number of ether oxygens (including phenoxy) is 1. The second-order valence-electron chi connectivity index (χ2n) is 5.03. The molecule has 1 saturated heterocycles. The molecular formula is C15H21ClFNO. The fourth-order valence-electron chi connectivity index (χ4n) is 2.53. The van der Waals surface area contributed by atoms with Crippen molar-refractivity contribution in [2.45, 2.75) is 44.8 Å². The zero-order chi connectivity index (χ0) is 13.7. The van der Waals surface area contributed by atoms with Crippen LogP contribution in [0.5, 0.6) is 0 Å². The smallest absolute Gasteiger partial charge is 0.142 e. The van der Waals surface area contributed by atoms with E-state index in [1.807, 2.05) is 6.07 Å². The molecule has 2 unspecified atom stereocenters. The van der Waals surface area contributed by atoms with E-state index in [0.717, 1.165) is 38.0 Å². The van der Waals surface area contributed by atoms with Gasteiger partial charge in [-0.1, -0.05) is 30.7 Å². The number of halogens is 2. The van der Waals surface area contributed by atoms with E-state index in [-0.39, 0.29) is 23.0 Å². The molecule has 1 aliphatic rings. The zero-order valence-corrected chi connectivity index (χ0v) is 12.0. The first-order valence-corrected chi connectivity index (χ1v) is 7.38. The van der Waals surface area contributed by atoms with Gasteiger partial charge in [-0.15, -0.1) is 0 Å². The van der Waals surface area contributed by atoms with Gasteiger partial charge >= 0.3 is 0 Å². The van der Waals surface area contributed by atoms with Crippen LogP contribution in [0.1, 0.15) is 31.7 Å². The topological polar surface area (TPSA) is 21.3 Å². The zero-order valence-electron chi connectivity index (χ0n) is 11.3. The van der Waals surface area contributed by atoms with Gasteiger partial charge in [0.2, 0.25) is 0 Å². The monoisotopic (exact) mass is 285 g/mol. The SMILES string of the molecule is CCCNC(Cc1cccc(F)c1Cl)C1CCCO1. The predicted molar refractivity (Wildman–Crippen MR) is 76.2 cm³/mol. The molecule has 19 heavy (non-hydrogen) atoms. The summed E-state index contributed by atoms with van der Waals surface area (Å²) in [5.41, 5.74) is 0.853. The number of rotatable bonds is 6. The molecule has 2 rings (SSSR count). The van der Waals surface area contributed by atoms with Crippen molar-refractivity contribution < 1.29 is 9.13 Å². The number of hydrogen-bond donors (Lipinski definition) is 1. The van der Waals surface area contributed by atoms with Crippen molar-refractivity contribution in [3.8, 4) is 0 Å². The summed E-state index contributed by atoms with van der Waals surface area (Å²) in [6.07, 6.45) is 4.16. The Balaban J connectivity index is 2.07. The van der Waals surface area contributed by atoms with E-state index >= 15 is 0 Å². The molecule has 1 fully saturated rings. The van der Waals surface area contributed by atoms with Crippen LogP contribution in [0.2, 0.25) is 5.02 Å². The molecule has 1 aromatic carbocycles. The van der Waals surface area contributed by atoms with Crippen LogP contribution >= 0.6 is 11.6 Å². The molecule has 2 atom stereocenters. The first kappa shape index (κ1) is 14.8. The molecule has 0 aromatic heterocycles. The summed E-state index contributed by atoms with van der Waals surface area (Å²) < 4.78 is 19.2. The Morgan fingerprint density at radius 2 is 2.37 bits per heavy atom. The Kier molecular flexibility index (Phi) is 5.61. The van der Waals surface area contributed by atoms with Crippen LogP contribution in [-0.4, -0.2) is 25.3 Å². The lowest BCUT2D eigenvalue weighted by Gasteiger charge is -2.24. The standard InChI is InChI=1S/C15H21ClFNO/c1-2-8-18-13(14-7-4-9-19-14)10-11-5-3-6-12(17)15(11)16/h3,5-6,13-14,18H,2,4,7-10H2,1H3. The lowest BCUT2D eigenvalue weighted by molar-refractivity contribution is 0.0784. The van der Waals surface area contributed by atoms with Gasteiger partial charge in [0.1, 0.15) is 5.82 Å². The first-order chi connectivity index (χ1) is 9.22. The highest BCUT2D eigenvalue weighted by molar-refractivity contribution is 6.31. The second-order valence-corrected chi connectivity index (χ2v) is 5.41. The highest BCUT2D eigenvalue weighted by Gasteiger charge is 2.26. The Bertz CT molecular complexity index is 407.